The van der Waals surface area contributed by atoms with Crippen LogP contribution in [-0.4, -0.2) is 76.6 Å². The second kappa shape index (κ2) is 9.76. The highest BCUT2D eigenvalue weighted by atomic mass is 16.6. The van der Waals surface area contributed by atoms with Crippen LogP contribution in [-0.2, 0) is 9.47 Å². The van der Waals surface area contributed by atoms with Gasteiger partial charge in [-0.25, -0.2) is 4.79 Å². The fraction of sp³-hybridized carbons (Fsp3) is 0.714. The molecule has 3 heterocycles. The van der Waals surface area contributed by atoms with Gasteiger partial charge in [-0.2, -0.15) is 15.0 Å². The Bertz CT molecular complexity index is 933. The van der Waals surface area contributed by atoms with Crippen LogP contribution in [0.4, 0.5) is 10.6 Å². The lowest BCUT2D eigenvalue weighted by Gasteiger charge is -2.36. The van der Waals surface area contributed by atoms with Crippen molar-refractivity contribution in [1.29, 1.82) is 0 Å². The van der Waals surface area contributed by atoms with E-state index in [2.05, 4.69) is 21.9 Å². The number of hydrogen-bond acceptors (Lipinski definition) is 9. The number of imidazole rings is 1. The summed E-state index contributed by atoms with van der Waals surface area (Å²) in [4.78, 5) is 27.4. The van der Waals surface area contributed by atoms with Gasteiger partial charge in [0.2, 0.25) is 0 Å². The summed E-state index contributed by atoms with van der Waals surface area (Å²) in [5.41, 5.74) is 6.65. The molecule has 1 unspecified atom stereocenters. The van der Waals surface area contributed by atoms with Crippen molar-refractivity contribution in [3.05, 3.63) is 0 Å². The van der Waals surface area contributed by atoms with Gasteiger partial charge in [-0.15, -0.1) is 0 Å². The van der Waals surface area contributed by atoms with E-state index in [1.165, 1.54) is 0 Å². The summed E-state index contributed by atoms with van der Waals surface area (Å²) in [6.45, 7) is 9.69. The number of nitrogens with zero attached hydrogens (tertiary/aromatic N) is 5. The smallest absolute Gasteiger partial charge is 0.410 e. The van der Waals surface area contributed by atoms with E-state index < -0.39 is 5.60 Å². The van der Waals surface area contributed by atoms with E-state index >= 15 is 0 Å². The fourth-order valence-corrected chi connectivity index (χ4v) is 3.85. The Hall–Kier alpha value is -2.82. The number of aromatic nitrogens is 4. The summed E-state index contributed by atoms with van der Waals surface area (Å²) in [6, 6.07) is 0.594. The van der Waals surface area contributed by atoms with Gasteiger partial charge in [0.1, 0.15) is 12.2 Å². The zero-order valence-corrected chi connectivity index (χ0v) is 19.8. The SMILES string of the molecule is COCCOc1nc(N)c2nc(OC)n(C(C)C3CCN(C(=O)OC(C)(C)C)CC3)c2n1. The number of methoxy groups -OCH3 is 2. The quantitative estimate of drug-likeness (QED) is 0.633. The first kappa shape index (κ1) is 23.8. The number of fused-ring (bicyclic) bond motifs is 1. The summed E-state index contributed by atoms with van der Waals surface area (Å²) in [5.74, 6) is 0.514. The predicted molar refractivity (Wildman–Crippen MR) is 119 cm³/mol. The molecule has 0 spiro atoms. The maximum Gasteiger partial charge on any atom is 0.410 e. The van der Waals surface area contributed by atoms with Crippen LogP contribution in [0.15, 0.2) is 0 Å². The topological polar surface area (TPSA) is 127 Å². The van der Waals surface area contributed by atoms with E-state index in [0.717, 1.165) is 12.8 Å². The fourth-order valence-electron chi connectivity index (χ4n) is 3.85. The third-order valence-electron chi connectivity index (χ3n) is 5.50. The number of carbonyl (C=O) groups is 1. The standard InChI is InChI=1S/C21H34N6O5/c1-13(14-7-9-26(10-8-14)20(28)32-21(2,3)4)27-17-15(23-19(27)30-6)16(22)24-18(25-17)31-12-11-29-5/h13-14H,7-12H2,1-6H3,(H2,22,24,25). The number of ether oxygens (including phenoxy) is 4. The van der Waals surface area contributed by atoms with Gasteiger partial charge < -0.3 is 29.6 Å². The Balaban J connectivity index is 1.80. The number of hydrogen-bond donors (Lipinski definition) is 1. The molecule has 2 aromatic heterocycles. The molecule has 0 aliphatic carbocycles. The monoisotopic (exact) mass is 450 g/mol. The summed E-state index contributed by atoms with van der Waals surface area (Å²) in [5, 5.41) is 0. The predicted octanol–water partition coefficient (Wildman–Crippen LogP) is 2.65. The van der Waals surface area contributed by atoms with Crippen molar-refractivity contribution in [2.45, 2.75) is 52.2 Å². The molecule has 178 valence electrons. The van der Waals surface area contributed by atoms with Crippen LogP contribution in [0.2, 0.25) is 0 Å². The maximum atomic E-state index is 12.4. The van der Waals surface area contributed by atoms with Crippen LogP contribution in [0.25, 0.3) is 11.2 Å². The minimum Gasteiger partial charge on any atom is -0.468 e. The van der Waals surface area contributed by atoms with Crippen molar-refractivity contribution >= 4 is 23.1 Å². The van der Waals surface area contributed by atoms with Crippen LogP contribution in [0.1, 0.15) is 46.6 Å². The van der Waals surface area contributed by atoms with Crippen molar-refractivity contribution in [2.75, 3.05) is 46.3 Å². The molecule has 1 atom stereocenters. The Morgan fingerprint density at radius 2 is 1.84 bits per heavy atom. The first-order valence-electron chi connectivity index (χ1n) is 10.8. The van der Waals surface area contributed by atoms with Gasteiger partial charge in [0, 0.05) is 26.2 Å². The molecular formula is C21H34N6O5. The van der Waals surface area contributed by atoms with Crippen LogP contribution in [0, 0.1) is 5.92 Å². The Kier molecular flexibility index (Phi) is 7.27. The second-order valence-corrected chi connectivity index (χ2v) is 8.92. The molecule has 1 saturated heterocycles. The van der Waals surface area contributed by atoms with Gasteiger partial charge in [0.05, 0.1) is 13.7 Å². The van der Waals surface area contributed by atoms with Crippen molar-refractivity contribution in [3.63, 3.8) is 0 Å². The van der Waals surface area contributed by atoms with Crippen LogP contribution in [0.3, 0.4) is 0 Å². The lowest BCUT2D eigenvalue weighted by atomic mass is 9.90. The van der Waals surface area contributed by atoms with E-state index in [9.17, 15) is 4.79 Å². The lowest BCUT2D eigenvalue weighted by molar-refractivity contribution is 0.0164. The Morgan fingerprint density at radius 1 is 1.16 bits per heavy atom. The van der Waals surface area contributed by atoms with Gasteiger partial charge in [0.15, 0.2) is 17.0 Å². The average molecular weight is 451 g/mol. The van der Waals surface area contributed by atoms with Gasteiger partial charge in [-0.3, -0.25) is 4.57 Å². The highest BCUT2D eigenvalue weighted by Gasteiger charge is 2.32. The van der Waals surface area contributed by atoms with Gasteiger partial charge in [-0.1, -0.05) is 0 Å². The number of piperidine rings is 1. The van der Waals surface area contributed by atoms with Crippen LogP contribution >= 0.6 is 0 Å². The van der Waals surface area contributed by atoms with Crippen molar-refractivity contribution in [1.82, 2.24) is 24.4 Å². The third-order valence-corrected chi connectivity index (χ3v) is 5.50. The van der Waals surface area contributed by atoms with Crippen LogP contribution < -0.4 is 15.2 Å². The molecular weight excluding hydrogens is 416 g/mol. The Labute approximate surface area is 188 Å². The summed E-state index contributed by atoms with van der Waals surface area (Å²) in [6.07, 6.45) is 1.37. The van der Waals surface area contributed by atoms with Gasteiger partial charge >= 0.3 is 12.1 Å². The number of carbonyl (C=O) groups excluding carboxylic acids is 1. The highest BCUT2D eigenvalue weighted by molar-refractivity contribution is 5.83. The summed E-state index contributed by atoms with van der Waals surface area (Å²) < 4.78 is 23.6. The van der Waals surface area contributed by atoms with E-state index in [-0.39, 0.29) is 29.9 Å². The van der Waals surface area contributed by atoms with E-state index in [1.807, 2.05) is 25.3 Å². The summed E-state index contributed by atoms with van der Waals surface area (Å²) >= 11 is 0. The van der Waals surface area contributed by atoms with E-state index in [1.54, 1.807) is 19.1 Å². The lowest BCUT2D eigenvalue weighted by Crippen LogP contribution is -2.42. The van der Waals surface area contributed by atoms with Crippen molar-refractivity contribution < 1.29 is 23.7 Å². The largest absolute Gasteiger partial charge is 0.468 e. The Morgan fingerprint density at radius 3 is 2.44 bits per heavy atom. The van der Waals surface area contributed by atoms with Gasteiger partial charge in [-0.05, 0) is 46.5 Å². The molecule has 0 aromatic carbocycles. The first-order valence-corrected chi connectivity index (χ1v) is 10.8. The van der Waals surface area contributed by atoms with Gasteiger partial charge in [0.25, 0.3) is 6.01 Å². The molecule has 2 N–H and O–H groups in total. The number of nitrogens with two attached hydrogens (primary N) is 1. The number of nitrogen functional groups attached to an aromatic ring is 1. The maximum absolute atomic E-state index is 12.4. The molecule has 0 bridgehead atoms. The molecule has 1 amide bonds. The second-order valence-electron chi connectivity index (χ2n) is 8.92. The third kappa shape index (κ3) is 5.32. The molecule has 2 aromatic rings. The number of anilines is 1. The highest BCUT2D eigenvalue weighted by Crippen LogP contribution is 2.36. The molecule has 0 saturated carbocycles. The molecule has 1 aliphatic rings. The van der Waals surface area contributed by atoms with E-state index in [0.29, 0.717) is 43.5 Å². The molecule has 3 rings (SSSR count). The minimum atomic E-state index is -0.507. The normalized spacial score (nSPS) is 16.2. The minimum absolute atomic E-state index is 0.0110. The van der Waals surface area contributed by atoms with Crippen LogP contribution in [0.5, 0.6) is 12.0 Å². The number of amides is 1. The number of likely N-dealkylation sites (tertiary alicyclic amines) is 1. The first-order chi connectivity index (χ1) is 15.1. The molecule has 11 heteroatoms. The molecule has 0 radical (unpaired) electrons. The molecule has 32 heavy (non-hydrogen) atoms. The molecule has 11 nitrogen and oxygen atoms in total. The zero-order chi connectivity index (χ0) is 23.5. The molecule has 1 aliphatic heterocycles. The average Bonchev–Trinajstić information content (AvgIpc) is 3.11. The molecule has 1 fully saturated rings. The van der Waals surface area contributed by atoms with Crippen molar-refractivity contribution in [2.24, 2.45) is 5.92 Å². The van der Waals surface area contributed by atoms with Crippen molar-refractivity contribution in [3.8, 4) is 12.0 Å². The zero-order valence-electron chi connectivity index (χ0n) is 19.8. The number of rotatable bonds is 7. The van der Waals surface area contributed by atoms with E-state index in [4.69, 9.17) is 24.7 Å². The summed E-state index contributed by atoms with van der Waals surface area (Å²) in [7, 11) is 3.16.